The van der Waals surface area contributed by atoms with Gasteiger partial charge in [0.25, 0.3) is 5.89 Å². The normalized spacial score (nSPS) is 14.5. The summed E-state index contributed by atoms with van der Waals surface area (Å²) in [6.45, 7) is 3.29. The van der Waals surface area contributed by atoms with Crippen molar-refractivity contribution in [2.24, 2.45) is 0 Å². The summed E-state index contributed by atoms with van der Waals surface area (Å²) < 4.78 is 5.75. The average Bonchev–Trinajstić information content (AvgIpc) is 3.79. The molecule has 4 aromatic heterocycles. The minimum atomic E-state index is 0.278. The van der Waals surface area contributed by atoms with E-state index < -0.39 is 0 Å². The molecule has 1 fully saturated rings. The molecule has 212 valence electrons. The Balaban J connectivity index is 0.000000230. The van der Waals surface area contributed by atoms with Crippen molar-refractivity contribution in [3.63, 3.8) is 0 Å². The van der Waals surface area contributed by atoms with Crippen LogP contribution in [0.4, 0.5) is 0 Å². The molecule has 11 heteroatoms. The van der Waals surface area contributed by atoms with Crippen LogP contribution in [-0.2, 0) is 12.8 Å². The van der Waals surface area contributed by atoms with Gasteiger partial charge in [0.05, 0.1) is 11.7 Å². The van der Waals surface area contributed by atoms with E-state index in [2.05, 4.69) is 79.1 Å². The summed E-state index contributed by atoms with van der Waals surface area (Å²) in [7, 11) is 2.19. The SMILES string of the molecule is CS.Cc1csc(C2CCCN2C)n1.O=Cc1cc(-c2cncnc2)nc(-c2nnc(CCc3ccccc3)o2)c1. The molecule has 1 unspecified atom stereocenters. The Bertz CT molecular complexity index is 1510. The highest BCUT2D eigenvalue weighted by atomic mass is 32.1. The predicted octanol–water partition coefficient (Wildman–Crippen LogP) is 5.95. The van der Waals surface area contributed by atoms with Crippen molar-refractivity contribution in [2.75, 3.05) is 19.8 Å². The lowest BCUT2D eigenvalue weighted by Crippen LogP contribution is -2.17. The summed E-state index contributed by atoms with van der Waals surface area (Å²) in [6.07, 6.45) is 11.2. The lowest BCUT2D eigenvalue weighted by atomic mass is 10.1. The number of carbonyl (C=O) groups is 1. The number of hydrogen-bond donors (Lipinski definition) is 1. The van der Waals surface area contributed by atoms with E-state index in [1.807, 2.05) is 18.2 Å². The fourth-order valence-corrected chi connectivity index (χ4v) is 5.41. The predicted molar refractivity (Wildman–Crippen MR) is 164 cm³/mol. The van der Waals surface area contributed by atoms with Gasteiger partial charge in [-0.05, 0) is 63.7 Å². The number of benzene rings is 1. The van der Waals surface area contributed by atoms with Crippen molar-refractivity contribution in [1.29, 1.82) is 0 Å². The second-order valence-corrected chi connectivity index (χ2v) is 10.3. The van der Waals surface area contributed by atoms with Crippen LogP contribution in [0.2, 0.25) is 0 Å². The second-order valence-electron chi connectivity index (χ2n) is 9.37. The van der Waals surface area contributed by atoms with Gasteiger partial charge in [-0.25, -0.2) is 19.9 Å². The van der Waals surface area contributed by atoms with Gasteiger partial charge in [-0.3, -0.25) is 9.69 Å². The van der Waals surface area contributed by atoms with Crippen molar-refractivity contribution in [3.05, 3.63) is 94.3 Å². The summed E-state index contributed by atoms with van der Waals surface area (Å²) in [5.74, 6) is 0.802. The van der Waals surface area contributed by atoms with Gasteiger partial charge < -0.3 is 4.42 Å². The van der Waals surface area contributed by atoms with Crippen molar-refractivity contribution >= 4 is 30.3 Å². The maximum atomic E-state index is 11.3. The quantitative estimate of drug-likeness (QED) is 0.182. The summed E-state index contributed by atoms with van der Waals surface area (Å²) in [4.78, 5) is 30.7. The van der Waals surface area contributed by atoms with E-state index >= 15 is 0 Å². The molecule has 0 saturated carbocycles. The number of likely N-dealkylation sites (tertiary alicyclic amines) is 1. The van der Waals surface area contributed by atoms with Crippen LogP contribution in [0, 0.1) is 6.92 Å². The minimum Gasteiger partial charge on any atom is -0.419 e. The first kappa shape index (κ1) is 30.2. The lowest BCUT2D eigenvalue weighted by molar-refractivity contribution is 0.112. The maximum absolute atomic E-state index is 11.3. The number of pyridine rings is 1. The van der Waals surface area contributed by atoms with Crippen molar-refractivity contribution in [2.45, 2.75) is 38.6 Å². The Labute approximate surface area is 249 Å². The molecular weight excluding hydrogens is 555 g/mol. The first-order chi connectivity index (χ1) is 20.1. The number of nitrogens with zero attached hydrogens (tertiary/aromatic N) is 7. The number of thiol groups is 1. The van der Waals surface area contributed by atoms with Crippen LogP contribution in [0.5, 0.6) is 0 Å². The zero-order valence-electron chi connectivity index (χ0n) is 23.3. The third kappa shape index (κ3) is 8.35. The van der Waals surface area contributed by atoms with Crippen LogP contribution < -0.4 is 0 Å². The molecular formula is C30H33N7O2S2. The molecule has 0 amide bonds. The van der Waals surface area contributed by atoms with Crippen LogP contribution in [0.15, 0.2) is 71.0 Å². The molecule has 5 aromatic rings. The van der Waals surface area contributed by atoms with Gasteiger partial charge in [-0.2, -0.15) is 12.6 Å². The monoisotopic (exact) mass is 587 g/mol. The topological polar surface area (TPSA) is 111 Å². The van der Waals surface area contributed by atoms with Crippen LogP contribution in [0.25, 0.3) is 22.8 Å². The third-order valence-corrected chi connectivity index (χ3v) is 7.50. The highest BCUT2D eigenvalue weighted by molar-refractivity contribution is 7.79. The Morgan fingerprint density at radius 1 is 1.05 bits per heavy atom. The number of thiazole rings is 1. The Morgan fingerprint density at radius 3 is 2.46 bits per heavy atom. The average molecular weight is 588 g/mol. The van der Waals surface area contributed by atoms with E-state index in [9.17, 15) is 4.79 Å². The van der Waals surface area contributed by atoms with E-state index in [0.29, 0.717) is 40.9 Å². The highest BCUT2D eigenvalue weighted by Crippen LogP contribution is 2.32. The van der Waals surface area contributed by atoms with Crippen LogP contribution >= 0.6 is 24.0 Å². The van der Waals surface area contributed by atoms with Crippen LogP contribution in [0.3, 0.4) is 0 Å². The molecule has 0 bridgehead atoms. The largest absolute Gasteiger partial charge is 0.419 e. The first-order valence-electron chi connectivity index (χ1n) is 13.3. The van der Waals surface area contributed by atoms with E-state index in [1.165, 1.54) is 36.3 Å². The summed E-state index contributed by atoms with van der Waals surface area (Å²) >= 11 is 5.33. The van der Waals surface area contributed by atoms with E-state index in [0.717, 1.165) is 18.4 Å². The van der Waals surface area contributed by atoms with Gasteiger partial charge in [0.1, 0.15) is 23.3 Å². The fourth-order valence-electron chi connectivity index (χ4n) is 4.41. The molecule has 0 radical (unpaired) electrons. The van der Waals surface area contributed by atoms with Gasteiger partial charge in [-0.1, -0.05) is 30.3 Å². The molecule has 41 heavy (non-hydrogen) atoms. The van der Waals surface area contributed by atoms with E-state index in [4.69, 9.17) is 4.42 Å². The molecule has 1 atom stereocenters. The number of hydrogen-bond acceptors (Lipinski definition) is 11. The molecule has 1 aliphatic rings. The molecule has 1 aromatic carbocycles. The first-order valence-corrected chi connectivity index (χ1v) is 15.0. The van der Waals surface area contributed by atoms with E-state index in [1.54, 1.807) is 42.1 Å². The molecule has 6 rings (SSSR count). The second kappa shape index (κ2) is 15.3. The minimum absolute atomic E-state index is 0.278. The lowest BCUT2D eigenvalue weighted by Gasteiger charge is -2.16. The zero-order valence-corrected chi connectivity index (χ0v) is 25.1. The molecule has 5 heterocycles. The number of aromatic nitrogens is 6. The maximum Gasteiger partial charge on any atom is 0.266 e. The molecule has 0 spiro atoms. The number of rotatable bonds is 7. The Morgan fingerprint density at radius 2 is 1.80 bits per heavy atom. The Hall–Kier alpha value is -3.80. The van der Waals surface area contributed by atoms with Crippen LogP contribution in [0.1, 0.15) is 51.4 Å². The zero-order chi connectivity index (χ0) is 29.0. The number of aryl methyl sites for hydroxylation is 3. The Kier molecular flexibility index (Phi) is 11.2. The van der Waals surface area contributed by atoms with Crippen molar-refractivity contribution < 1.29 is 9.21 Å². The van der Waals surface area contributed by atoms with Crippen molar-refractivity contribution in [1.82, 2.24) is 35.0 Å². The molecule has 0 N–H and O–H groups in total. The van der Waals surface area contributed by atoms with Crippen molar-refractivity contribution in [3.8, 4) is 22.8 Å². The highest BCUT2D eigenvalue weighted by Gasteiger charge is 2.24. The summed E-state index contributed by atoms with van der Waals surface area (Å²) in [6, 6.07) is 14.0. The van der Waals surface area contributed by atoms with Crippen LogP contribution in [-0.4, -0.2) is 61.2 Å². The number of carbonyl (C=O) groups excluding carboxylic acids is 1. The molecule has 9 nitrogen and oxygen atoms in total. The van der Waals surface area contributed by atoms with Gasteiger partial charge >= 0.3 is 0 Å². The molecule has 0 aliphatic carbocycles. The van der Waals surface area contributed by atoms with Gasteiger partial charge in [0.2, 0.25) is 5.89 Å². The number of aldehydes is 1. The fraction of sp³-hybridized carbons (Fsp3) is 0.300. The standard InChI is InChI=1S/C20H15N5O2.C9H14N2S.CH4S/c26-12-15-8-17(16-10-21-13-22-11-16)23-18(9-15)20-25-24-19(27-20)7-6-14-4-2-1-3-5-14;1-7-6-12-9(10-7)8-4-3-5-11(8)2;1-2/h1-5,8-13H,6-7H2;6,8H,3-5H2,1-2H3;2H,1H3. The summed E-state index contributed by atoms with van der Waals surface area (Å²) in [5, 5.41) is 11.6. The van der Waals surface area contributed by atoms with Gasteiger partial charge in [0, 0.05) is 41.0 Å². The smallest absolute Gasteiger partial charge is 0.266 e. The van der Waals surface area contributed by atoms with Gasteiger partial charge in [-0.15, -0.1) is 21.5 Å². The summed E-state index contributed by atoms with van der Waals surface area (Å²) in [5.41, 5.74) is 4.53. The van der Waals surface area contributed by atoms with Gasteiger partial charge in [0.15, 0.2) is 0 Å². The van der Waals surface area contributed by atoms with E-state index in [-0.39, 0.29) is 5.89 Å². The molecule has 1 saturated heterocycles. The molecule has 1 aliphatic heterocycles. The third-order valence-electron chi connectivity index (χ3n) is 6.44.